The minimum absolute atomic E-state index is 0.0367. The Bertz CT molecular complexity index is 886. The Morgan fingerprint density at radius 1 is 1.00 bits per heavy atom. The number of carbonyl (C=O) groups excluding carboxylic acids is 1. The van der Waals surface area contributed by atoms with Crippen LogP contribution in [0.5, 0.6) is 0 Å². The van der Waals surface area contributed by atoms with Crippen molar-refractivity contribution < 1.29 is 14.3 Å². The van der Waals surface area contributed by atoms with Crippen LogP contribution in [-0.2, 0) is 14.3 Å². The molecular formula is C24H25NO3. The van der Waals surface area contributed by atoms with Gasteiger partial charge in [-0.25, -0.2) is 0 Å². The first-order valence-corrected chi connectivity index (χ1v) is 10.3. The van der Waals surface area contributed by atoms with Crippen LogP contribution in [0.4, 0.5) is 0 Å². The van der Waals surface area contributed by atoms with Gasteiger partial charge >= 0.3 is 5.97 Å². The van der Waals surface area contributed by atoms with Gasteiger partial charge in [0.2, 0.25) is 0 Å². The number of rotatable bonds is 6. The Balaban J connectivity index is 1.33. The largest absolute Gasteiger partial charge is 0.471 e. The summed E-state index contributed by atoms with van der Waals surface area (Å²) in [5.74, 6) is 1.69. The van der Waals surface area contributed by atoms with Gasteiger partial charge in [-0.05, 0) is 36.5 Å². The van der Waals surface area contributed by atoms with E-state index in [2.05, 4.69) is 41.4 Å². The van der Waals surface area contributed by atoms with Gasteiger partial charge in [-0.3, -0.25) is 9.79 Å². The van der Waals surface area contributed by atoms with E-state index in [-0.39, 0.29) is 29.8 Å². The number of hydrogen-bond donors (Lipinski definition) is 0. The van der Waals surface area contributed by atoms with Crippen LogP contribution in [0.25, 0.3) is 0 Å². The molecule has 2 aromatic carbocycles. The summed E-state index contributed by atoms with van der Waals surface area (Å²) < 4.78 is 11.4. The molecule has 5 rings (SSSR count). The summed E-state index contributed by atoms with van der Waals surface area (Å²) in [5.41, 5.74) is 3.56. The molecule has 2 fully saturated rings. The molecule has 4 nitrogen and oxygen atoms in total. The average molecular weight is 375 g/mol. The van der Waals surface area contributed by atoms with Crippen molar-refractivity contribution in [3.8, 4) is 0 Å². The molecule has 2 saturated carbocycles. The van der Waals surface area contributed by atoms with Gasteiger partial charge in [0.05, 0.1) is 19.1 Å². The van der Waals surface area contributed by atoms with Crippen LogP contribution in [-0.4, -0.2) is 25.0 Å². The van der Waals surface area contributed by atoms with Crippen molar-refractivity contribution in [2.45, 2.75) is 37.7 Å². The molecule has 1 unspecified atom stereocenters. The molecule has 4 heteroatoms. The summed E-state index contributed by atoms with van der Waals surface area (Å²) in [6.45, 7) is 3.00. The topological polar surface area (TPSA) is 47.9 Å². The molecule has 144 valence electrons. The Morgan fingerprint density at radius 2 is 1.64 bits per heavy atom. The molecular weight excluding hydrogens is 350 g/mol. The number of benzene rings is 2. The maximum atomic E-state index is 12.5. The van der Waals surface area contributed by atoms with Crippen LogP contribution in [0.2, 0.25) is 0 Å². The Hall–Kier alpha value is -2.62. The second-order valence-electron chi connectivity index (χ2n) is 7.97. The smallest absolute Gasteiger partial charge is 0.310 e. The highest BCUT2D eigenvalue weighted by Crippen LogP contribution is 2.61. The third-order valence-electron chi connectivity index (χ3n) is 6.06. The molecule has 0 aromatic heterocycles. The lowest BCUT2D eigenvalue weighted by atomic mass is 10.0. The zero-order valence-corrected chi connectivity index (χ0v) is 16.1. The van der Waals surface area contributed by atoms with Crippen molar-refractivity contribution in [1.29, 1.82) is 0 Å². The van der Waals surface area contributed by atoms with Gasteiger partial charge in [-0.15, -0.1) is 0 Å². The Labute approximate surface area is 165 Å². The third kappa shape index (κ3) is 3.21. The van der Waals surface area contributed by atoms with E-state index in [4.69, 9.17) is 9.47 Å². The second kappa shape index (κ2) is 7.08. The number of hydrogen-bond acceptors (Lipinski definition) is 4. The maximum Gasteiger partial charge on any atom is 0.310 e. The number of carbonyl (C=O) groups is 1. The molecule has 2 aromatic rings. The lowest BCUT2D eigenvalue weighted by molar-refractivity contribution is -0.144. The van der Waals surface area contributed by atoms with Crippen molar-refractivity contribution >= 4 is 11.9 Å². The maximum absolute atomic E-state index is 12.5. The quantitative estimate of drug-likeness (QED) is 0.692. The molecule has 3 aliphatic rings. The number of aliphatic imine (C=N–C) groups is 1. The second-order valence-corrected chi connectivity index (χ2v) is 7.97. The zero-order valence-electron chi connectivity index (χ0n) is 16.1. The normalized spacial score (nSPS) is 28.4. The van der Waals surface area contributed by atoms with Crippen molar-refractivity contribution in [2.75, 3.05) is 13.2 Å². The van der Waals surface area contributed by atoms with E-state index in [1.807, 2.05) is 25.1 Å². The molecule has 0 saturated heterocycles. The van der Waals surface area contributed by atoms with E-state index in [1.165, 1.54) is 24.0 Å². The minimum Gasteiger partial charge on any atom is -0.471 e. The molecule has 28 heavy (non-hydrogen) atoms. The summed E-state index contributed by atoms with van der Waals surface area (Å²) in [6.07, 6.45) is 2.46. The fourth-order valence-corrected chi connectivity index (χ4v) is 4.40. The lowest BCUT2D eigenvalue weighted by Crippen LogP contribution is -2.08. The van der Waals surface area contributed by atoms with E-state index < -0.39 is 0 Å². The molecule has 0 N–H and O–H groups in total. The van der Waals surface area contributed by atoms with Gasteiger partial charge in [-0.1, -0.05) is 54.6 Å². The van der Waals surface area contributed by atoms with Crippen LogP contribution < -0.4 is 0 Å². The molecule has 0 bridgehead atoms. The summed E-state index contributed by atoms with van der Waals surface area (Å²) in [5, 5.41) is 0. The molecule has 1 heterocycles. The van der Waals surface area contributed by atoms with Crippen molar-refractivity contribution in [1.82, 2.24) is 0 Å². The fraction of sp³-hybridized carbons (Fsp3) is 0.417. The van der Waals surface area contributed by atoms with E-state index in [0.29, 0.717) is 19.1 Å². The van der Waals surface area contributed by atoms with Gasteiger partial charge in [0.25, 0.3) is 0 Å². The average Bonchev–Trinajstić information content (AvgIpc) is 3.66. The van der Waals surface area contributed by atoms with Crippen LogP contribution in [0.1, 0.15) is 54.4 Å². The fourth-order valence-electron chi connectivity index (χ4n) is 4.40. The van der Waals surface area contributed by atoms with E-state index in [0.717, 1.165) is 11.5 Å². The van der Waals surface area contributed by atoms with Crippen molar-refractivity contribution in [2.24, 2.45) is 16.8 Å². The Morgan fingerprint density at radius 3 is 2.29 bits per heavy atom. The van der Waals surface area contributed by atoms with Gasteiger partial charge in [0.15, 0.2) is 5.90 Å². The van der Waals surface area contributed by atoms with E-state index >= 15 is 0 Å². The SMILES string of the molecule is CCOC(=O)[C@@H]1[C@H](c2ccccc2)[C@H]1c1ccc(C2CN=C(C3CC3)O2)cc1. The standard InChI is InChI=1S/C24H25NO3/c1-2-27-24(26)22-20(16-6-4-3-5-7-16)21(22)17-10-8-15(9-11-17)19-14-25-23(28-19)18-12-13-18/h3-11,18-22H,2,12-14H2,1H3/t19?,20-,21-,22-/m1/s1. The van der Waals surface area contributed by atoms with Crippen molar-refractivity contribution in [3.05, 3.63) is 71.3 Å². The van der Waals surface area contributed by atoms with Crippen LogP contribution in [0, 0.1) is 11.8 Å². The monoisotopic (exact) mass is 375 g/mol. The molecule has 0 spiro atoms. The summed E-state index contributed by atoms with van der Waals surface area (Å²) >= 11 is 0. The minimum atomic E-state index is -0.0965. The van der Waals surface area contributed by atoms with Gasteiger partial charge in [0, 0.05) is 17.8 Å². The predicted molar refractivity (Wildman–Crippen MR) is 107 cm³/mol. The summed E-state index contributed by atoms with van der Waals surface area (Å²) in [4.78, 5) is 17.1. The van der Waals surface area contributed by atoms with Crippen LogP contribution in [0.3, 0.4) is 0 Å². The summed E-state index contributed by atoms with van der Waals surface area (Å²) in [7, 11) is 0. The first-order chi connectivity index (χ1) is 13.8. The van der Waals surface area contributed by atoms with Crippen LogP contribution >= 0.6 is 0 Å². The van der Waals surface area contributed by atoms with E-state index in [9.17, 15) is 4.79 Å². The molecule has 1 aliphatic heterocycles. The first-order valence-electron chi connectivity index (χ1n) is 10.3. The first kappa shape index (κ1) is 17.5. The number of esters is 1. The van der Waals surface area contributed by atoms with Gasteiger partial charge in [-0.2, -0.15) is 0 Å². The lowest BCUT2D eigenvalue weighted by Gasteiger charge is -2.12. The molecule has 0 radical (unpaired) electrons. The zero-order chi connectivity index (χ0) is 19.1. The molecule has 2 aliphatic carbocycles. The molecule has 0 amide bonds. The summed E-state index contributed by atoms with van der Waals surface area (Å²) in [6, 6.07) is 18.8. The Kier molecular flexibility index (Phi) is 4.42. The highest BCUT2D eigenvalue weighted by molar-refractivity contribution is 5.82. The highest BCUT2D eigenvalue weighted by Gasteiger charge is 2.57. The molecule has 4 atom stereocenters. The third-order valence-corrected chi connectivity index (χ3v) is 6.06. The van der Waals surface area contributed by atoms with Crippen molar-refractivity contribution in [3.63, 3.8) is 0 Å². The van der Waals surface area contributed by atoms with Gasteiger partial charge < -0.3 is 9.47 Å². The van der Waals surface area contributed by atoms with E-state index in [1.54, 1.807) is 0 Å². The van der Waals surface area contributed by atoms with Gasteiger partial charge in [0.1, 0.15) is 6.10 Å². The highest BCUT2D eigenvalue weighted by atomic mass is 16.5. The predicted octanol–water partition coefficient (Wildman–Crippen LogP) is 4.63. The number of nitrogens with zero attached hydrogens (tertiary/aromatic N) is 1. The van der Waals surface area contributed by atoms with Crippen LogP contribution in [0.15, 0.2) is 59.6 Å². The number of ether oxygens (including phenoxy) is 2.